The Bertz CT molecular complexity index is 455. The molecule has 0 aromatic heterocycles. The minimum absolute atomic E-state index is 0.0401. The van der Waals surface area contributed by atoms with Crippen molar-refractivity contribution in [1.29, 1.82) is 0 Å². The fourth-order valence-corrected chi connectivity index (χ4v) is 2.17. The lowest BCUT2D eigenvalue weighted by atomic mass is 10.1. The predicted octanol–water partition coefficient (Wildman–Crippen LogP) is 3.16. The van der Waals surface area contributed by atoms with E-state index >= 15 is 0 Å². The van der Waals surface area contributed by atoms with E-state index in [1.807, 2.05) is 24.3 Å². The lowest BCUT2D eigenvalue weighted by molar-refractivity contribution is 0.137. The molecule has 0 unspecified atom stereocenters. The first-order valence-electron chi connectivity index (χ1n) is 6.77. The third-order valence-electron chi connectivity index (χ3n) is 3.22. The van der Waals surface area contributed by atoms with Gasteiger partial charge in [-0.3, -0.25) is 4.90 Å². The molecule has 2 nitrogen and oxygen atoms in total. The quantitative estimate of drug-likeness (QED) is 0.744. The molecule has 2 aromatic rings. The lowest BCUT2D eigenvalue weighted by Gasteiger charge is -2.21. The molecule has 0 heterocycles. The maximum atomic E-state index is 10.9. The number of hydrogen-bond donors (Lipinski definition) is 0. The summed E-state index contributed by atoms with van der Waals surface area (Å²) in [6.45, 7) is 2.36. The summed E-state index contributed by atoms with van der Waals surface area (Å²) in [5, 5.41) is 10.9. The van der Waals surface area contributed by atoms with Crippen LogP contribution in [0, 0.1) is 0 Å². The van der Waals surface area contributed by atoms with Gasteiger partial charge in [-0.25, -0.2) is 5.11 Å². The van der Waals surface area contributed by atoms with E-state index in [-0.39, 0.29) is 6.61 Å². The molecule has 0 fully saturated rings. The Balaban J connectivity index is 1.89. The number of hydrogen-bond acceptors (Lipinski definition) is 1. The number of benzene rings is 2. The second kappa shape index (κ2) is 7.72. The van der Waals surface area contributed by atoms with Gasteiger partial charge in [-0.15, -0.1) is 0 Å². The van der Waals surface area contributed by atoms with Crippen LogP contribution in [-0.2, 0) is 18.1 Å². The predicted molar refractivity (Wildman–Crippen MR) is 77.4 cm³/mol. The first kappa shape index (κ1) is 13.8. The summed E-state index contributed by atoms with van der Waals surface area (Å²) in [6, 6.07) is 20.8. The van der Waals surface area contributed by atoms with Crippen molar-refractivity contribution >= 4 is 0 Å². The van der Waals surface area contributed by atoms with Crippen LogP contribution in [0.2, 0.25) is 0 Å². The maximum absolute atomic E-state index is 10.9. The third kappa shape index (κ3) is 4.86. The van der Waals surface area contributed by atoms with Crippen molar-refractivity contribution in [2.24, 2.45) is 0 Å². The summed E-state index contributed by atoms with van der Waals surface area (Å²) in [5.41, 5.74) is 2.59. The summed E-state index contributed by atoms with van der Waals surface area (Å²) < 4.78 is 0. The molecule has 2 rings (SSSR count). The van der Waals surface area contributed by atoms with Crippen LogP contribution in [0.3, 0.4) is 0 Å². The van der Waals surface area contributed by atoms with Crippen LogP contribution >= 0.6 is 0 Å². The third-order valence-corrected chi connectivity index (χ3v) is 3.22. The van der Waals surface area contributed by atoms with Gasteiger partial charge >= 0.3 is 0 Å². The van der Waals surface area contributed by atoms with E-state index in [1.165, 1.54) is 11.1 Å². The summed E-state index contributed by atoms with van der Waals surface area (Å²) in [6.07, 6.45) is 0.994. The van der Waals surface area contributed by atoms with Crippen LogP contribution in [-0.4, -0.2) is 24.6 Å². The Morgan fingerprint density at radius 3 is 1.89 bits per heavy atom. The van der Waals surface area contributed by atoms with E-state index in [9.17, 15) is 5.11 Å². The van der Waals surface area contributed by atoms with Gasteiger partial charge in [-0.05, 0) is 17.5 Å². The zero-order chi connectivity index (χ0) is 13.3. The molecule has 0 atom stereocenters. The monoisotopic (exact) mass is 254 g/mol. The fraction of sp³-hybridized carbons (Fsp3) is 0.294. The highest BCUT2D eigenvalue weighted by Crippen LogP contribution is 2.06. The summed E-state index contributed by atoms with van der Waals surface area (Å²) in [4.78, 5) is 2.23. The van der Waals surface area contributed by atoms with Crippen LogP contribution in [0.15, 0.2) is 60.7 Å². The molecule has 19 heavy (non-hydrogen) atoms. The van der Waals surface area contributed by atoms with Crippen molar-refractivity contribution in [3.63, 3.8) is 0 Å². The minimum atomic E-state index is -0.0401. The largest absolute Gasteiger partial charge is 0.296 e. The summed E-state index contributed by atoms with van der Waals surface area (Å²) in [7, 11) is 0. The molecule has 0 aliphatic carbocycles. The lowest BCUT2D eigenvalue weighted by Crippen LogP contribution is -2.28. The molecule has 2 aromatic carbocycles. The molecule has 99 valence electrons. The van der Waals surface area contributed by atoms with Crippen LogP contribution in [0.25, 0.3) is 0 Å². The molecule has 0 bridgehead atoms. The average molecular weight is 254 g/mol. The highest BCUT2D eigenvalue weighted by Gasteiger charge is 2.05. The second-order valence-electron chi connectivity index (χ2n) is 4.70. The van der Waals surface area contributed by atoms with Gasteiger partial charge in [-0.1, -0.05) is 60.7 Å². The van der Waals surface area contributed by atoms with E-state index in [0.29, 0.717) is 6.54 Å². The first-order chi connectivity index (χ1) is 9.38. The zero-order valence-corrected chi connectivity index (χ0v) is 11.2. The van der Waals surface area contributed by atoms with Crippen LogP contribution < -0.4 is 0 Å². The Labute approximate surface area is 115 Å². The van der Waals surface area contributed by atoms with E-state index in [1.54, 1.807) is 0 Å². The number of rotatable bonds is 7. The average Bonchev–Trinajstić information content (AvgIpc) is 2.47. The van der Waals surface area contributed by atoms with Gasteiger partial charge in [0.25, 0.3) is 0 Å². The summed E-state index contributed by atoms with van der Waals surface area (Å²) in [5.74, 6) is 0. The van der Waals surface area contributed by atoms with Crippen molar-refractivity contribution in [3.8, 4) is 0 Å². The number of nitrogens with zero attached hydrogens (tertiary/aromatic N) is 1. The van der Waals surface area contributed by atoms with E-state index in [4.69, 9.17) is 0 Å². The van der Waals surface area contributed by atoms with Crippen molar-refractivity contribution in [1.82, 2.24) is 4.90 Å². The summed E-state index contributed by atoms with van der Waals surface area (Å²) >= 11 is 0. The van der Waals surface area contributed by atoms with Crippen molar-refractivity contribution < 1.29 is 5.11 Å². The molecule has 0 aliphatic rings. The molecule has 2 heteroatoms. The first-order valence-corrected chi connectivity index (χ1v) is 6.77. The van der Waals surface area contributed by atoms with E-state index in [0.717, 1.165) is 19.5 Å². The Kier molecular flexibility index (Phi) is 5.60. The molecule has 0 saturated heterocycles. The Hall–Kier alpha value is -1.64. The standard InChI is InChI=1S/C17H20NO/c19-14-13-18(15-17-9-5-2-6-10-17)12-11-16-7-3-1-4-8-16/h1-10H,11-15H2. The molecular weight excluding hydrogens is 234 g/mol. The second-order valence-corrected chi connectivity index (χ2v) is 4.70. The van der Waals surface area contributed by atoms with Gasteiger partial charge in [0.1, 0.15) is 0 Å². The molecular formula is C17H20NO. The Morgan fingerprint density at radius 2 is 1.32 bits per heavy atom. The molecule has 0 N–H and O–H groups in total. The van der Waals surface area contributed by atoms with Crippen LogP contribution in [0.5, 0.6) is 0 Å². The molecule has 0 saturated carbocycles. The maximum Gasteiger partial charge on any atom is 0.0949 e. The highest BCUT2D eigenvalue weighted by atomic mass is 16.3. The Morgan fingerprint density at radius 1 is 0.737 bits per heavy atom. The van der Waals surface area contributed by atoms with Crippen LogP contribution in [0.1, 0.15) is 11.1 Å². The molecule has 0 aliphatic heterocycles. The van der Waals surface area contributed by atoms with Gasteiger partial charge in [0.2, 0.25) is 0 Å². The zero-order valence-electron chi connectivity index (χ0n) is 11.2. The van der Waals surface area contributed by atoms with Gasteiger partial charge in [-0.2, -0.15) is 0 Å². The highest BCUT2D eigenvalue weighted by molar-refractivity contribution is 5.16. The van der Waals surface area contributed by atoms with Crippen LogP contribution in [0.4, 0.5) is 0 Å². The topological polar surface area (TPSA) is 23.1 Å². The van der Waals surface area contributed by atoms with E-state index < -0.39 is 0 Å². The van der Waals surface area contributed by atoms with E-state index in [2.05, 4.69) is 41.3 Å². The van der Waals surface area contributed by atoms with Gasteiger partial charge in [0.15, 0.2) is 0 Å². The van der Waals surface area contributed by atoms with Crippen molar-refractivity contribution in [3.05, 3.63) is 71.8 Å². The minimum Gasteiger partial charge on any atom is -0.296 e. The van der Waals surface area contributed by atoms with Gasteiger partial charge in [0.05, 0.1) is 6.61 Å². The molecule has 0 amide bonds. The fourth-order valence-electron chi connectivity index (χ4n) is 2.17. The van der Waals surface area contributed by atoms with Crippen molar-refractivity contribution in [2.45, 2.75) is 13.0 Å². The van der Waals surface area contributed by atoms with Crippen molar-refractivity contribution in [2.75, 3.05) is 19.7 Å². The normalized spacial score (nSPS) is 10.8. The SMILES string of the molecule is [O]CCN(CCc1ccccc1)Cc1ccccc1. The molecule has 1 radical (unpaired) electrons. The van der Waals surface area contributed by atoms with Gasteiger partial charge in [0, 0.05) is 19.6 Å². The smallest absolute Gasteiger partial charge is 0.0949 e. The van der Waals surface area contributed by atoms with Gasteiger partial charge < -0.3 is 0 Å². The molecule has 0 spiro atoms.